The molecular weight excluding hydrogens is 414 g/mol. The molecule has 0 aliphatic carbocycles. The molecule has 1 aliphatic heterocycles. The van der Waals surface area contributed by atoms with Crippen LogP contribution >= 0.6 is 27.3 Å². The van der Waals surface area contributed by atoms with Crippen molar-refractivity contribution in [2.45, 2.75) is 13.1 Å². The molecule has 1 amide bonds. The molecule has 1 fully saturated rings. The molecule has 1 aliphatic rings. The Kier molecular flexibility index (Phi) is 7.07. The second-order valence-corrected chi connectivity index (χ2v) is 8.89. The first-order chi connectivity index (χ1) is 12.6. The number of hydrogen-bond donors (Lipinski definition) is 1. The van der Waals surface area contributed by atoms with Gasteiger partial charge in [-0.15, -0.1) is 11.3 Å². The van der Waals surface area contributed by atoms with Gasteiger partial charge < -0.3 is 10.1 Å². The lowest BCUT2D eigenvalue weighted by molar-refractivity contribution is -0.122. The minimum absolute atomic E-state index is 0.0616. The molecule has 2 heterocycles. The monoisotopic (exact) mass is 437 g/mol. The topological polar surface area (TPSA) is 44.8 Å². The lowest BCUT2D eigenvalue weighted by atomic mass is 10.2. The van der Waals surface area contributed by atoms with E-state index in [9.17, 15) is 4.79 Å². The van der Waals surface area contributed by atoms with Crippen LogP contribution in [0.15, 0.2) is 40.2 Å². The SMILES string of the molecule is COc1ccccc1CNC(=O)CN1CCN(Cc2ccc(Br)s2)CC1. The van der Waals surface area contributed by atoms with Gasteiger partial charge in [-0.05, 0) is 34.1 Å². The summed E-state index contributed by atoms with van der Waals surface area (Å²) in [6, 6.07) is 12.0. The predicted molar refractivity (Wildman–Crippen MR) is 109 cm³/mol. The Hall–Kier alpha value is -1.41. The van der Waals surface area contributed by atoms with Crippen molar-refractivity contribution in [2.75, 3.05) is 39.8 Å². The molecule has 1 saturated heterocycles. The number of rotatable bonds is 7. The van der Waals surface area contributed by atoms with Crippen molar-refractivity contribution in [3.63, 3.8) is 0 Å². The first-order valence-corrected chi connectivity index (χ1v) is 10.3. The smallest absolute Gasteiger partial charge is 0.234 e. The third-order valence-electron chi connectivity index (χ3n) is 4.51. The number of carbonyl (C=O) groups excluding carboxylic acids is 1. The molecule has 140 valence electrons. The molecule has 5 nitrogen and oxygen atoms in total. The van der Waals surface area contributed by atoms with Crippen molar-refractivity contribution in [2.24, 2.45) is 0 Å². The first-order valence-electron chi connectivity index (χ1n) is 8.71. The molecule has 7 heteroatoms. The minimum Gasteiger partial charge on any atom is -0.496 e. The highest BCUT2D eigenvalue weighted by Gasteiger charge is 2.19. The fourth-order valence-corrected chi connectivity index (χ4v) is 4.59. The van der Waals surface area contributed by atoms with Crippen LogP contribution in [0.4, 0.5) is 0 Å². The van der Waals surface area contributed by atoms with Crippen molar-refractivity contribution in [1.29, 1.82) is 0 Å². The summed E-state index contributed by atoms with van der Waals surface area (Å²) in [5.74, 6) is 0.869. The van der Waals surface area contributed by atoms with E-state index in [1.807, 2.05) is 24.3 Å². The first kappa shape index (κ1) is 19.4. The lowest BCUT2D eigenvalue weighted by Crippen LogP contribution is -2.48. The highest BCUT2D eigenvalue weighted by molar-refractivity contribution is 9.11. The molecule has 0 spiro atoms. The predicted octanol–water partition coefficient (Wildman–Crippen LogP) is 2.95. The number of ether oxygens (including phenoxy) is 1. The van der Waals surface area contributed by atoms with Gasteiger partial charge in [-0.2, -0.15) is 0 Å². The number of nitrogens with zero attached hydrogens (tertiary/aromatic N) is 2. The zero-order valence-corrected chi connectivity index (χ0v) is 17.3. The van der Waals surface area contributed by atoms with E-state index in [0.717, 1.165) is 44.0 Å². The number of para-hydroxylation sites is 1. The lowest BCUT2D eigenvalue weighted by Gasteiger charge is -2.34. The van der Waals surface area contributed by atoms with Gasteiger partial charge in [0.2, 0.25) is 5.91 Å². The van der Waals surface area contributed by atoms with E-state index in [1.54, 1.807) is 18.4 Å². The van der Waals surface area contributed by atoms with Gasteiger partial charge in [-0.1, -0.05) is 18.2 Å². The molecule has 2 aromatic rings. The number of hydrogen-bond acceptors (Lipinski definition) is 5. The van der Waals surface area contributed by atoms with Gasteiger partial charge >= 0.3 is 0 Å². The van der Waals surface area contributed by atoms with Crippen LogP contribution in [-0.2, 0) is 17.9 Å². The Balaban J connectivity index is 1.39. The summed E-state index contributed by atoms with van der Waals surface area (Å²) in [6.07, 6.45) is 0. The van der Waals surface area contributed by atoms with E-state index < -0.39 is 0 Å². The zero-order valence-electron chi connectivity index (χ0n) is 14.9. The molecule has 0 radical (unpaired) electrons. The largest absolute Gasteiger partial charge is 0.496 e. The number of methoxy groups -OCH3 is 1. The van der Waals surface area contributed by atoms with Crippen LogP contribution in [0, 0.1) is 0 Å². The third-order valence-corrected chi connectivity index (χ3v) is 6.12. The second-order valence-electron chi connectivity index (χ2n) is 6.35. The summed E-state index contributed by atoms with van der Waals surface area (Å²) in [4.78, 5) is 18.3. The summed E-state index contributed by atoms with van der Waals surface area (Å²) in [5, 5.41) is 3.00. The van der Waals surface area contributed by atoms with Gasteiger partial charge in [0.25, 0.3) is 0 Å². The summed E-state index contributed by atoms with van der Waals surface area (Å²) in [7, 11) is 1.65. The summed E-state index contributed by atoms with van der Waals surface area (Å²) >= 11 is 5.30. The third kappa shape index (κ3) is 5.54. The Labute approximate surface area is 167 Å². The van der Waals surface area contributed by atoms with E-state index in [0.29, 0.717) is 13.1 Å². The van der Waals surface area contributed by atoms with E-state index in [1.165, 1.54) is 8.66 Å². The van der Waals surface area contributed by atoms with Gasteiger partial charge in [0.05, 0.1) is 17.4 Å². The molecule has 3 rings (SSSR count). The van der Waals surface area contributed by atoms with Gasteiger partial charge in [-0.25, -0.2) is 0 Å². The highest BCUT2D eigenvalue weighted by Crippen LogP contribution is 2.23. The average Bonchev–Trinajstić information content (AvgIpc) is 3.06. The van der Waals surface area contributed by atoms with Gasteiger partial charge in [0.1, 0.15) is 5.75 Å². The van der Waals surface area contributed by atoms with Crippen molar-refractivity contribution < 1.29 is 9.53 Å². The fraction of sp³-hybridized carbons (Fsp3) is 0.421. The normalized spacial score (nSPS) is 15.8. The standard InChI is InChI=1S/C19H24BrN3O2S/c1-25-17-5-3-2-4-15(17)12-21-19(24)14-23-10-8-22(9-11-23)13-16-6-7-18(20)26-16/h2-7H,8-14H2,1H3,(H,21,24). The van der Waals surface area contributed by atoms with E-state index in [-0.39, 0.29) is 5.91 Å². The number of benzene rings is 1. The van der Waals surface area contributed by atoms with Crippen LogP contribution < -0.4 is 10.1 Å². The number of halogens is 1. The van der Waals surface area contributed by atoms with Crippen LogP contribution in [-0.4, -0.2) is 55.5 Å². The van der Waals surface area contributed by atoms with Crippen LogP contribution in [0.1, 0.15) is 10.4 Å². The van der Waals surface area contributed by atoms with Crippen molar-refractivity contribution in [1.82, 2.24) is 15.1 Å². The molecule has 0 bridgehead atoms. The molecule has 0 saturated carbocycles. The number of thiophene rings is 1. The van der Waals surface area contributed by atoms with E-state index in [4.69, 9.17) is 4.74 Å². The second kappa shape index (κ2) is 9.50. The summed E-state index contributed by atoms with van der Waals surface area (Å²) in [6.45, 7) is 5.78. The maximum absolute atomic E-state index is 12.2. The van der Waals surface area contributed by atoms with E-state index >= 15 is 0 Å². The molecule has 0 unspecified atom stereocenters. The molecule has 0 atom stereocenters. The Morgan fingerprint density at radius 3 is 2.58 bits per heavy atom. The average molecular weight is 438 g/mol. The van der Waals surface area contributed by atoms with Gasteiger partial charge in [-0.3, -0.25) is 14.6 Å². The van der Waals surface area contributed by atoms with Gasteiger partial charge in [0.15, 0.2) is 0 Å². The van der Waals surface area contributed by atoms with Crippen molar-refractivity contribution in [3.8, 4) is 5.75 Å². The molecule has 1 aromatic heterocycles. The number of amides is 1. The molecular formula is C19H24BrN3O2S. The number of nitrogens with one attached hydrogen (secondary N) is 1. The van der Waals surface area contributed by atoms with Crippen molar-refractivity contribution in [3.05, 3.63) is 50.6 Å². The Bertz CT molecular complexity index is 729. The van der Waals surface area contributed by atoms with Crippen molar-refractivity contribution >= 4 is 33.2 Å². The molecule has 26 heavy (non-hydrogen) atoms. The van der Waals surface area contributed by atoms with Crippen LogP contribution in [0.2, 0.25) is 0 Å². The maximum atomic E-state index is 12.2. The molecule has 1 N–H and O–H groups in total. The maximum Gasteiger partial charge on any atom is 0.234 e. The van der Waals surface area contributed by atoms with E-state index in [2.05, 4.69) is 43.2 Å². The molecule has 1 aromatic carbocycles. The highest BCUT2D eigenvalue weighted by atomic mass is 79.9. The zero-order chi connectivity index (χ0) is 18.4. The summed E-state index contributed by atoms with van der Waals surface area (Å²) in [5.41, 5.74) is 0.996. The summed E-state index contributed by atoms with van der Waals surface area (Å²) < 4.78 is 6.50. The number of piperazine rings is 1. The van der Waals surface area contributed by atoms with Gasteiger partial charge in [0, 0.05) is 49.7 Å². The fourth-order valence-electron chi connectivity index (χ4n) is 3.06. The van der Waals surface area contributed by atoms with Crippen LogP contribution in [0.25, 0.3) is 0 Å². The quantitative estimate of drug-likeness (QED) is 0.722. The number of carbonyl (C=O) groups is 1. The van der Waals surface area contributed by atoms with Crippen LogP contribution in [0.5, 0.6) is 5.75 Å². The Morgan fingerprint density at radius 2 is 1.88 bits per heavy atom. The minimum atomic E-state index is 0.0616. The van der Waals surface area contributed by atoms with Crippen LogP contribution in [0.3, 0.4) is 0 Å². The Morgan fingerprint density at radius 1 is 1.15 bits per heavy atom.